The van der Waals surface area contributed by atoms with Gasteiger partial charge in [0.2, 0.25) is 0 Å². The van der Waals surface area contributed by atoms with E-state index in [2.05, 4.69) is 4.74 Å². The molecule has 64 valence electrons. The predicted molar refractivity (Wildman–Crippen MR) is 39.9 cm³/mol. The second-order valence-corrected chi connectivity index (χ2v) is 1.60. The minimum atomic E-state index is -0.833. The van der Waals surface area contributed by atoms with E-state index in [1.165, 1.54) is 13.2 Å². The molecule has 0 aliphatic rings. The fourth-order valence-corrected chi connectivity index (χ4v) is 0.164. The van der Waals surface area contributed by atoms with Crippen LogP contribution in [0.25, 0.3) is 0 Å². The smallest absolute Gasteiger partial charge is 0.307 e. The lowest BCUT2D eigenvalue weighted by Gasteiger charge is -1.85. The third kappa shape index (κ3) is 53.9. The number of hydrogen-bond acceptors (Lipinski definition) is 3. The summed E-state index contributed by atoms with van der Waals surface area (Å²) in [5.74, 6) is -1.11. The van der Waals surface area contributed by atoms with E-state index in [0.717, 1.165) is 6.92 Å². The maximum atomic E-state index is 9.93. The zero-order valence-corrected chi connectivity index (χ0v) is 6.83. The van der Waals surface area contributed by atoms with E-state index >= 15 is 0 Å². The summed E-state index contributed by atoms with van der Waals surface area (Å²) in [6.45, 7) is 4.23. The van der Waals surface area contributed by atoms with Crippen LogP contribution >= 0.6 is 0 Å². The number of rotatable bonds is 1. The van der Waals surface area contributed by atoms with Gasteiger partial charge < -0.3 is 9.84 Å². The standard InChI is InChI=1S/C5H8O2.C2H4O2/c1-3-4-7-5(2)6;1-2(3)4/h3-4H,1-2H3;1H3,(H,3,4). The minimum Gasteiger partial charge on any atom is -0.481 e. The van der Waals surface area contributed by atoms with Crippen LogP contribution in [0.1, 0.15) is 20.8 Å². The first-order chi connectivity index (χ1) is 5.00. The molecule has 0 spiro atoms. The average molecular weight is 160 g/mol. The molecule has 0 rings (SSSR count). The van der Waals surface area contributed by atoms with Gasteiger partial charge in [0.1, 0.15) is 0 Å². The molecule has 0 radical (unpaired) electrons. The lowest BCUT2D eigenvalue weighted by atomic mass is 10.7. The van der Waals surface area contributed by atoms with Gasteiger partial charge >= 0.3 is 5.97 Å². The molecule has 0 saturated heterocycles. The van der Waals surface area contributed by atoms with Gasteiger partial charge in [-0.3, -0.25) is 9.59 Å². The zero-order valence-electron chi connectivity index (χ0n) is 6.83. The quantitative estimate of drug-likeness (QED) is 0.462. The first-order valence-electron chi connectivity index (χ1n) is 2.98. The molecule has 0 aliphatic heterocycles. The lowest BCUT2D eigenvalue weighted by molar-refractivity contribution is -0.136. The van der Waals surface area contributed by atoms with Crippen molar-refractivity contribution in [3.05, 3.63) is 12.3 Å². The Kier molecular flexibility index (Phi) is 9.76. The highest BCUT2D eigenvalue weighted by molar-refractivity contribution is 5.66. The van der Waals surface area contributed by atoms with Crippen LogP contribution in [0.2, 0.25) is 0 Å². The van der Waals surface area contributed by atoms with E-state index in [-0.39, 0.29) is 5.97 Å². The van der Waals surface area contributed by atoms with Crippen LogP contribution in [0.5, 0.6) is 0 Å². The second-order valence-electron chi connectivity index (χ2n) is 1.60. The molecule has 4 heteroatoms. The normalized spacial score (nSPS) is 8.27. The fraction of sp³-hybridized carbons (Fsp3) is 0.429. The number of allylic oxidation sites excluding steroid dienone is 1. The van der Waals surface area contributed by atoms with Gasteiger partial charge in [-0.15, -0.1) is 0 Å². The molecular formula is C7H12O4. The Hall–Kier alpha value is -1.32. The van der Waals surface area contributed by atoms with Gasteiger partial charge in [0.15, 0.2) is 0 Å². The molecule has 0 aromatic carbocycles. The number of hydrogen-bond donors (Lipinski definition) is 1. The SMILES string of the molecule is CC(=O)O.CC=COC(C)=O. The van der Waals surface area contributed by atoms with Crippen LogP contribution < -0.4 is 0 Å². The Balaban J connectivity index is 0. The van der Waals surface area contributed by atoms with E-state index in [4.69, 9.17) is 9.90 Å². The summed E-state index contributed by atoms with van der Waals surface area (Å²) in [6, 6.07) is 0. The van der Waals surface area contributed by atoms with E-state index in [1.807, 2.05) is 0 Å². The predicted octanol–water partition coefficient (Wildman–Crippen LogP) is 1.17. The first-order valence-corrected chi connectivity index (χ1v) is 2.98. The Morgan fingerprint density at radius 3 is 1.82 bits per heavy atom. The van der Waals surface area contributed by atoms with Crippen molar-refractivity contribution in [1.82, 2.24) is 0 Å². The van der Waals surface area contributed by atoms with E-state index in [1.54, 1.807) is 13.0 Å². The summed E-state index contributed by atoms with van der Waals surface area (Å²) in [5.41, 5.74) is 0. The monoisotopic (exact) mass is 160 g/mol. The zero-order chi connectivity index (χ0) is 9.28. The molecular weight excluding hydrogens is 148 g/mol. The van der Waals surface area contributed by atoms with Crippen LogP contribution in [0.15, 0.2) is 12.3 Å². The molecule has 0 aromatic rings. The summed E-state index contributed by atoms with van der Waals surface area (Å²) in [7, 11) is 0. The van der Waals surface area contributed by atoms with Gasteiger partial charge in [0, 0.05) is 13.8 Å². The molecule has 0 fully saturated rings. The van der Waals surface area contributed by atoms with Crippen molar-refractivity contribution < 1.29 is 19.4 Å². The maximum absolute atomic E-state index is 9.93. The molecule has 0 bridgehead atoms. The van der Waals surface area contributed by atoms with Crippen molar-refractivity contribution in [3.8, 4) is 0 Å². The van der Waals surface area contributed by atoms with Gasteiger partial charge in [-0.25, -0.2) is 0 Å². The van der Waals surface area contributed by atoms with Crippen LogP contribution in [-0.2, 0) is 14.3 Å². The molecule has 11 heavy (non-hydrogen) atoms. The molecule has 0 amide bonds. The fourth-order valence-electron chi connectivity index (χ4n) is 0.164. The number of aliphatic carboxylic acids is 1. The van der Waals surface area contributed by atoms with Crippen LogP contribution in [0.3, 0.4) is 0 Å². The highest BCUT2D eigenvalue weighted by atomic mass is 16.5. The molecule has 0 aromatic heterocycles. The summed E-state index contributed by atoms with van der Waals surface area (Å²) in [6.07, 6.45) is 3.00. The number of esters is 1. The summed E-state index contributed by atoms with van der Waals surface area (Å²) >= 11 is 0. The highest BCUT2D eigenvalue weighted by Crippen LogP contribution is 1.75. The van der Waals surface area contributed by atoms with Gasteiger partial charge in [-0.2, -0.15) is 0 Å². The topological polar surface area (TPSA) is 63.6 Å². The van der Waals surface area contributed by atoms with Crippen molar-refractivity contribution in [3.63, 3.8) is 0 Å². The average Bonchev–Trinajstić information content (AvgIpc) is 1.82. The summed E-state index contributed by atoms with van der Waals surface area (Å²) in [5, 5.41) is 7.42. The first kappa shape index (κ1) is 12.4. The number of carbonyl (C=O) groups excluding carboxylic acids is 1. The molecule has 0 heterocycles. The Labute approximate surface area is 65.5 Å². The molecule has 0 unspecified atom stereocenters. The molecule has 0 aliphatic carbocycles. The van der Waals surface area contributed by atoms with Crippen molar-refractivity contribution in [2.45, 2.75) is 20.8 Å². The molecule has 4 nitrogen and oxygen atoms in total. The molecule has 1 N–H and O–H groups in total. The molecule has 0 atom stereocenters. The van der Waals surface area contributed by atoms with Crippen molar-refractivity contribution >= 4 is 11.9 Å². The second kappa shape index (κ2) is 8.68. The maximum Gasteiger partial charge on any atom is 0.307 e. The highest BCUT2D eigenvalue weighted by Gasteiger charge is 1.80. The van der Waals surface area contributed by atoms with Gasteiger partial charge in [0.25, 0.3) is 5.97 Å². The minimum absolute atomic E-state index is 0.280. The third-order valence-electron chi connectivity index (χ3n) is 0.370. The number of ether oxygens (including phenoxy) is 1. The van der Waals surface area contributed by atoms with Gasteiger partial charge in [-0.1, -0.05) is 6.08 Å². The van der Waals surface area contributed by atoms with Crippen molar-refractivity contribution in [2.75, 3.05) is 0 Å². The molecule has 0 saturated carbocycles. The number of carbonyl (C=O) groups is 2. The Morgan fingerprint density at radius 2 is 1.73 bits per heavy atom. The Morgan fingerprint density at radius 1 is 1.36 bits per heavy atom. The Bertz CT molecular complexity index is 145. The lowest BCUT2D eigenvalue weighted by Crippen LogP contribution is -1.88. The van der Waals surface area contributed by atoms with Gasteiger partial charge in [-0.05, 0) is 6.92 Å². The third-order valence-corrected chi connectivity index (χ3v) is 0.370. The van der Waals surface area contributed by atoms with Crippen molar-refractivity contribution in [2.24, 2.45) is 0 Å². The van der Waals surface area contributed by atoms with Gasteiger partial charge in [0.05, 0.1) is 6.26 Å². The van der Waals surface area contributed by atoms with E-state index in [0.29, 0.717) is 0 Å². The van der Waals surface area contributed by atoms with E-state index in [9.17, 15) is 4.79 Å². The number of carboxylic acid groups (broad SMARTS) is 1. The van der Waals surface area contributed by atoms with Crippen LogP contribution in [-0.4, -0.2) is 17.0 Å². The van der Waals surface area contributed by atoms with Crippen LogP contribution in [0, 0.1) is 0 Å². The number of carboxylic acids is 1. The van der Waals surface area contributed by atoms with Crippen molar-refractivity contribution in [1.29, 1.82) is 0 Å². The summed E-state index contributed by atoms with van der Waals surface area (Å²) < 4.78 is 4.37. The van der Waals surface area contributed by atoms with E-state index < -0.39 is 5.97 Å². The van der Waals surface area contributed by atoms with Crippen LogP contribution in [0.4, 0.5) is 0 Å². The summed E-state index contributed by atoms with van der Waals surface area (Å²) in [4.78, 5) is 18.9. The largest absolute Gasteiger partial charge is 0.481 e.